The molecule has 1 aromatic rings. The number of carbonyl (C=O) groups is 1. The Morgan fingerprint density at radius 1 is 1.41 bits per heavy atom. The first-order valence-corrected chi connectivity index (χ1v) is 8.65. The zero-order valence-corrected chi connectivity index (χ0v) is 13.3. The molecule has 1 fully saturated rings. The predicted molar refractivity (Wildman–Crippen MR) is 85.5 cm³/mol. The number of benzene rings is 1. The van der Waals surface area contributed by atoms with Crippen LogP contribution in [0, 0.1) is 5.92 Å². The summed E-state index contributed by atoms with van der Waals surface area (Å²) in [6, 6.07) is 6.36. The van der Waals surface area contributed by atoms with Crippen molar-refractivity contribution in [3.05, 3.63) is 35.9 Å². The van der Waals surface area contributed by atoms with Gasteiger partial charge in [-0.25, -0.2) is 13.1 Å². The lowest BCUT2D eigenvalue weighted by molar-refractivity contribution is -0.125. The van der Waals surface area contributed by atoms with E-state index in [1.54, 1.807) is 23.1 Å². The average molecular weight is 323 g/mol. The Labute approximate surface area is 131 Å². The van der Waals surface area contributed by atoms with Crippen LogP contribution in [-0.2, 0) is 14.8 Å². The van der Waals surface area contributed by atoms with Gasteiger partial charge in [0.15, 0.2) is 0 Å². The van der Waals surface area contributed by atoms with E-state index in [0.717, 1.165) is 18.5 Å². The second kappa shape index (κ2) is 7.04. The molecule has 0 radical (unpaired) electrons. The van der Waals surface area contributed by atoms with E-state index in [-0.39, 0.29) is 10.8 Å². The number of hydrogen-bond donors (Lipinski definition) is 2. The number of rotatable bonds is 5. The number of hydrogen-bond acceptors (Lipinski definition) is 4. The van der Waals surface area contributed by atoms with Crippen molar-refractivity contribution in [2.24, 2.45) is 11.7 Å². The molecule has 120 valence electrons. The van der Waals surface area contributed by atoms with E-state index in [2.05, 4.69) is 4.72 Å². The van der Waals surface area contributed by atoms with Crippen LogP contribution in [0.1, 0.15) is 12.0 Å². The van der Waals surface area contributed by atoms with Crippen LogP contribution in [0.25, 0.3) is 6.08 Å². The maximum Gasteiger partial charge on any atom is 0.246 e. The van der Waals surface area contributed by atoms with E-state index < -0.39 is 10.0 Å². The molecule has 1 unspecified atom stereocenters. The van der Waals surface area contributed by atoms with Crippen molar-refractivity contribution in [1.82, 2.24) is 9.62 Å². The number of amides is 1. The summed E-state index contributed by atoms with van der Waals surface area (Å²) < 4.78 is 25.5. The predicted octanol–water partition coefficient (Wildman–Crippen LogP) is 0.415. The monoisotopic (exact) mass is 323 g/mol. The van der Waals surface area contributed by atoms with Gasteiger partial charge in [0.2, 0.25) is 15.9 Å². The van der Waals surface area contributed by atoms with Crippen molar-refractivity contribution in [2.75, 3.05) is 26.7 Å². The van der Waals surface area contributed by atoms with Gasteiger partial charge >= 0.3 is 0 Å². The number of likely N-dealkylation sites (tertiary alicyclic amines) is 1. The van der Waals surface area contributed by atoms with Gasteiger partial charge in [-0.15, -0.1) is 0 Å². The quantitative estimate of drug-likeness (QED) is 0.768. The van der Waals surface area contributed by atoms with Gasteiger partial charge < -0.3 is 10.6 Å². The molecule has 1 amide bonds. The molecule has 1 aliphatic rings. The highest BCUT2D eigenvalue weighted by Crippen LogP contribution is 2.16. The van der Waals surface area contributed by atoms with E-state index in [1.165, 1.54) is 25.3 Å². The first kappa shape index (κ1) is 16.7. The van der Waals surface area contributed by atoms with Crippen molar-refractivity contribution in [1.29, 1.82) is 0 Å². The minimum absolute atomic E-state index is 0.0390. The number of nitrogens with two attached hydrogens (primary N) is 1. The zero-order chi connectivity index (χ0) is 16.2. The standard InChI is InChI=1S/C15H21N3O3S/c1-17-22(20,21)14-5-2-12(3-6-14)4-7-15(19)18-9-8-13(10-16)11-18/h2-7,13,17H,8-11,16H2,1H3/b7-4+. The van der Waals surface area contributed by atoms with Crippen molar-refractivity contribution in [3.8, 4) is 0 Å². The number of nitrogens with zero attached hydrogens (tertiary/aromatic N) is 1. The summed E-state index contributed by atoms with van der Waals surface area (Å²) in [4.78, 5) is 14.0. The summed E-state index contributed by atoms with van der Waals surface area (Å²) >= 11 is 0. The number of sulfonamides is 1. The van der Waals surface area contributed by atoms with Crippen LogP contribution < -0.4 is 10.5 Å². The van der Waals surface area contributed by atoms with E-state index in [9.17, 15) is 13.2 Å². The Balaban J connectivity index is 2.00. The van der Waals surface area contributed by atoms with Crippen LogP contribution in [0.2, 0.25) is 0 Å². The Kier molecular flexibility index (Phi) is 5.33. The second-order valence-corrected chi connectivity index (χ2v) is 7.17. The van der Waals surface area contributed by atoms with Crippen molar-refractivity contribution >= 4 is 22.0 Å². The molecule has 7 heteroatoms. The first-order valence-electron chi connectivity index (χ1n) is 7.17. The summed E-state index contributed by atoms with van der Waals surface area (Å²) in [6.07, 6.45) is 4.15. The van der Waals surface area contributed by atoms with Gasteiger partial charge in [0, 0.05) is 19.2 Å². The molecule has 1 atom stereocenters. The highest BCUT2D eigenvalue weighted by Gasteiger charge is 2.23. The van der Waals surface area contributed by atoms with E-state index in [4.69, 9.17) is 5.73 Å². The molecule has 0 bridgehead atoms. The molecule has 6 nitrogen and oxygen atoms in total. The Morgan fingerprint density at radius 3 is 2.64 bits per heavy atom. The Hall–Kier alpha value is -1.70. The molecule has 1 saturated heterocycles. The Bertz CT molecular complexity index is 653. The molecule has 0 saturated carbocycles. The largest absolute Gasteiger partial charge is 0.339 e. The maximum absolute atomic E-state index is 12.0. The van der Waals surface area contributed by atoms with Crippen LogP contribution in [-0.4, -0.2) is 45.9 Å². The number of nitrogens with one attached hydrogen (secondary N) is 1. The topological polar surface area (TPSA) is 92.5 Å². The fraction of sp³-hybridized carbons (Fsp3) is 0.400. The van der Waals surface area contributed by atoms with Crippen LogP contribution in [0.5, 0.6) is 0 Å². The summed E-state index contributed by atoms with van der Waals surface area (Å²) in [5.74, 6) is 0.353. The molecule has 0 spiro atoms. The molecule has 3 N–H and O–H groups in total. The maximum atomic E-state index is 12.0. The molecule has 1 heterocycles. The molecule has 0 aliphatic carbocycles. The summed E-state index contributed by atoms with van der Waals surface area (Å²) in [7, 11) is -2.06. The Morgan fingerprint density at radius 2 is 2.09 bits per heavy atom. The smallest absolute Gasteiger partial charge is 0.246 e. The normalized spacial score (nSPS) is 19.0. The second-order valence-electron chi connectivity index (χ2n) is 5.28. The van der Waals surface area contributed by atoms with E-state index in [0.29, 0.717) is 19.0 Å². The number of carbonyl (C=O) groups excluding carboxylic acids is 1. The SMILES string of the molecule is CNS(=O)(=O)c1ccc(/C=C/C(=O)N2CCC(CN)C2)cc1. The van der Waals surface area contributed by atoms with Crippen molar-refractivity contribution in [2.45, 2.75) is 11.3 Å². The third-order valence-electron chi connectivity index (χ3n) is 3.81. The third kappa shape index (κ3) is 3.94. The van der Waals surface area contributed by atoms with Crippen molar-refractivity contribution < 1.29 is 13.2 Å². The minimum atomic E-state index is -3.43. The van der Waals surface area contributed by atoms with Gasteiger partial charge in [0.25, 0.3) is 0 Å². The first-order chi connectivity index (χ1) is 10.5. The van der Waals surface area contributed by atoms with Gasteiger partial charge in [0.05, 0.1) is 4.90 Å². The van der Waals surface area contributed by atoms with Gasteiger partial charge in [-0.1, -0.05) is 12.1 Å². The molecular weight excluding hydrogens is 302 g/mol. The fourth-order valence-electron chi connectivity index (χ4n) is 2.37. The lowest BCUT2D eigenvalue weighted by atomic mass is 10.1. The molecule has 1 aliphatic heterocycles. The molecular formula is C15H21N3O3S. The molecule has 0 aromatic heterocycles. The summed E-state index contributed by atoms with van der Waals surface area (Å²) in [6.45, 7) is 2.05. The minimum Gasteiger partial charge on any atom is -0.339 e. The van der Waals surface area contributed by atoms with E-state index >= 15 is 0 Å². The van der Waals surface area contributed by atoms with Crippen LogP contribution in [0.15, 0.2) is 35.2 Å². The lowest BCUT2D eigenvalue weighted by Crippen LogP contribution is -2.28. The summed E-state index contributed by atoms with van der Waals surface area (Å²) in [5.41, 5.74) is 6.39. The van der Waals surface area contributed by atoms with Crippen LogP contribution in [0.4, 0.5) is 0 Å². The van der Waals surface area contributed by atoms with Gasteiger partial charge in [-0.3, -0.25) is 4.79 Å². The zero-order valence-electron chi connectivity index (χ0n) is 12.5. The third-order valence-corrected chi connectivity index (χ3v) is 5.24. The van der Waals surface area contributed by atoms with Gasteiger partial charge in [-0.05, 0) is 49.7 Å². The fourth-order valence-corrected chi connectivity index (χ4v) is 3.10. The highest BCUT2D eigenvalue weighted by molar-refractivity contribution is 7.89. The average Bonchev–Trinajstić information content (AvgIpc) is 3.02. The molecule has 2 rings (SSSR count). The van der Waals surface area contributed by atoms with Crippen molar-refractivity contribution in [3.63, 3.8) is 0 Å². The highest BCUT2D eigenvalue weighted by atomic mass is 32.2. The van der Waals surface area contributed by atoms with E-state index in [1.807, 2.05) is 0 Å². The van der Waals surface area contributed by atoms with Crippen LogP contribution >= 0.6 is 0 Å². The summed E-state index contributed by atoms with van der Waals surface area (Å²) in [5, 5.41) is 0. The molecule has 22 heavy (non-hydrogen) atoms. The lowest BCUT2D eigenvalue weighted by Gasteiger charge is -2.13. The van der Waals surface area contributed by atoms with Gasteiger partial charge in [0.1, 0.15) is 0 Å². The van der Waals surface area contributed by atoms with Gasteiger partial charge in [-0.2, -0.15) is 0 Å². The molecule has 1 aromatic carbocycles. The van der Waals surface area contributed by atoms with Crippen LogP contribution in [0.3, 0.4) is 0 Å².